The van der Waals surface area contributed by atoms with Crippen LogP contribution in [0.1, 0.15) is 12.6 Å². The predicted octanol–water partition coefficient (Wildman–Crippen LogP) is 2.50. The zero-order chi connectivity index (χ0) is 13.0. The number of aromatic nitrogens is 2. The van der Waals surface area contributed by atoms with E-state index in [0.29, 0.717) is 11.5 Å². The number of aromatic amines is 2. The normalized spacial score (nSPS) is 12.3. The van der Waals surface area contributed by atoms with E-state index in [1.54, 1.807) is 18.3 Å². The summed E-state index contributed by atoms with van der Waals surface area (Å²) in [4.78, 5) is 16.1. The van der Waals surface area contributed by atoms with Crippen LogP contribution in [0.15, 0.2) is 35.3 Å². The van der Waals surface area contributed by atoms with Gasteiger partial charge in [-0.05, 0) is 19.1 Å². The summed E-state index contributed by atoms with van der Waals surface area (Å²) >= 11 is 1.51. The van der Waals surface area contributed by atoms with Gasteiger partial charge in [0.25, 0.3) is 0 Å². The fourth-order valence-corrected chi connectivity index (χ4v) is 2.17. The van der Waals surface area contributed by atoms with Crippen LogP contribution in [0.2, 0.25) is 0 Å². The second kappa shape index (κ2) is 5.77. The molecule has 4 nitrogen and oxygen atoms in total. The summed E-state index contributed by atoms with van der Waals surface area (Å²) in [6.45, 7) is 1.88. The minimum atomic E-state index is -0.320. The van der Waals surface area contributed by atoms with Crippen LogP contribution in [0, 0.1) is 5.82 Å². The molecule has 2 aromatic rings. The molecule has 1 heterocycles. The van der Waals surface area contributed by atoms with E-state index in [4.69, 9.17) is 4.74 Å². The SMILES string of the molecule is CC(Oc1cccc(F)c1)SCc1c[nH]c(=O)[nH]1. The van der Waals surface area contributed by atoms with E-state index < -0.39 is 0 Å². The number of nitrogens with one attached hydrogen (secondary N) is 2. The van der Waals surface area contributed by atoms with Gasteiger partial charge in [0.2, 0.25) is 0 Å². The van der Waals surface area contributed by atoms with Gasteiger partial charge >= 0.3 is 5.69 Å². The van der Waals surface area contributed by atoms with Gasteiger partial charge in [-0.2, -0.15) is 0 Å². The standard InChI is InChI=1S/C12H13FN2O2S/c1-8(17-11-4-2-3-9(13)5-11)18-7-10-6-14-12(16)15-10/h2-6,8H,7H2,1H3,(H2,14,15,16). The van der Waals surface area contributed by atoms with E-state index in [2.05, 4.69) is 9.97 Å². The molecule has 1 aromatic carbocycles. The van der Waals surface area contributed by atoms with Crippen molar-refractivity contribution in [3.05, 3.63) is 52.5 Å². The van der Waals surface area contributed by atoms with E-state index >= 15 is 0 Å². The highest BCUT2D eigenvalue weighted by atomic mass is 32.2. The maximum atomic E-state index is 12.9. The highest BCUT2D eigenvalue weighted by Gasteiger charge is 2.06. The third kappa shape index (κ3) is 3.66. The number of rotatable bonds is 5. The van der Waals surface area contributed by atoms with Crippen molar-refractivity contribution < 1.29 is 9.13 Å². The van der Waals surface area contributed by atoms with Crippen molar-refractivity contribution in [2.75, 3.05) is 0 Å². The second-order valence-corrected chi connectivity index (χ2v) is 5.01. The summed E-state index contributed by atoms with van der Waals surface area (Å²) in [5.74, 6) is 0.798. The number of benzene rings is 1. The molecule has 0 spiro atoms. The molecule has 1 atom stereocenters. The lowest BCUT2D eigenvalue weighted by atomic mass is 10.3. The Bertz CT molecular complexity index is 567. The molecule has 0 bridgehead atoms. The Hall–Kier alpha value is -1.69. The molecular formula is C12H13FN2O2S. The Morgan fingerprint density at radius 1 is 1.50 bits per heavy atom. The van der Waals surface area contributed by atoms with Crippen LogP contribution < -0.4 is 10.4 Å². The smallest absolute Gasteiger partial charge is 0.323 e. The van der Waals surface area contributed by atoms with Crippen LogP contribution in [0.4, 0.5) is 4.39 Å². The number of H-pyrrole nitrogens is 2. The molecule has 0 aliphatic rings. The number of hydrogen-bond donors (Lipinski definition) is 2. The molecule has 2 rings (SSSR count). The zero-order valence-electron chi connectivity index (χ0n) is 9.77. The third-order valence-electron chi connectivity index (χ3n) is 2.22. The summed E-state index contributed by atoms with van der Waals surface area (Å²) in [5, 5.41) is 0. The van der Waals surface area contributed by atoms with E-state index in [9.17, 15) is 9.18 Å². The van der Waals surface area contributed by atoms with Gasteiger partial charge in [0, 0.05) is 23.7 Å². The Morgan fingerprint density at radius 2 is 2.33 bits per heavy atom. The van der Waals surface area contributed by atoms with Gasteiger partial charge in [-0.25, -0.2) is 9.18 Å². The van der Waals surface area contributed by atoms with Gasteiger partial charge < -0.3 is 14.7 Å². The fourth-order valence-electron chi connectivity index (χ4n) is 1.42. The first-order valence-electron chi connectivity index (χ1n) is 5.44. The molecule has 6 heteroatoms. The third-order valence-corrected chi connectivity index (χ3v) is 3.27. The van der Waals surface area contributed by atoms with Gasteiger partial charge in [0.1, 0.15) is 17.0 Å². The second-order valence-electron chi connectivity index (χ2n) is 3.72. The van der Waals surface area contributed by atoms with E-state index in [-0.39, 0.29) is 16.9 Å². The zero-order valence-corrected chi connectivity index (χ0v) is 10.6. The van der Waals surface area contributed by atoms with Gasteiger partial charge in [-0.1, -0.05) is 6.07 Å². The van der Waals surface area contributed by atoms with Crippen LogP contribution in [0.25, 0.3) is 0 Å². The first-order valence-corrected chi connectivity index (χ1v) is 6.49. The van der Waals surface area contributed by atoms with Crippen molar-refractivity contribution in [2.24, 2.45) is 0 Å². The molecule has 1 unspecified atom stereocenters. The lowest BCUT2D eigenvalue weighted by Crippen LogP contribution is -2.08. The van der Waals surface area contributed by atoms with Crippen molar-refractivity contribution in [3.8, 4) is 5.75 Å². The highest BCUT2D eigenvalue weighted by Crippen LogP contribution is 2.21. The summed E-state index contributed by atoms with van der Waals surface area (Å²) in [7, 11) is 0. The topological polar surface area (TPSA) is 57.9 Å². The first kappa shape index (κ1) is 12.8. The largest absolute Gasteiger partial charge is 0.480 e. The average molecular weight is 268 g/mol. The number of hydrogen-bond acceptors (Lipinski definition) is 3. The van der Waals surface area contributed by atoms with Crippen LogP contribution >= 0.6 is 11.8 Å². The van der Waals surface area contributed by atoms with Crippen molar-refractivity contribution in [1.29, 1.82) is 0 Å². The van der Waals surface area contributed by atoms with Crippen LogP contribution in [0.5, 0.6) is 5.75 Å². The first-order chi connectivity index (χ1) is 8.63. The molecule has 0 saturated carbocycles. The van der Waals surface area contributed by atoms with Gasteiger partial charge in [0.15, 0.2) is 0 Å². The maximum Gasteiger partial charge on any atom is 0.323 e. The van der Waals surface area contributed by atoms with Crippen LogP contribution in [-0.4, -0.2) is 15.4 Å². The summed E-state index contributed by atoms with van der Waals surface area (Å²) < 4.78 is 18.5. The molecule has 0 saturated heterocycles. The highest BCUT2D eigenvalue weighted by molar-refractivity contribution is 7.98. The number of ether oxygens (including phenoxy) is 1. The molecule has 0 aliphatic heterocycles. The number of imidazole rings is 1. The molecule has 0 amide bonds. The molecule has 0 aliphatic carbocycles. The van der Waals surface area contributed by atoms with Gasteiger partial charge in [-0.15, -0.1) is 11.8 Å². The Labute approximate surface area is 108 Å². The fraction of sp³-hybridized carbons (Fsp3) is 0.250. The molecule has 2 N–H and O–H groups in total. The monoisotopic (exact) mass is 268 g/mol. The Balaban J connectivity index is 1.85. The summed E-state index contributed by atoms with van der Waals surface area (Å²) in [5.41, 5.74) is 0.453. The Morgan fingerprint density at radius 3 is 3.00 bits per heavy atom. The predicted molar refractivity (Wildman–Crippen MR) is 69.2 cm³/mol. The van der Waals surface area contributed by atoms with Crippen molar-refractivity contribution in [3.63, 3.8) is 0 Å². The molecular weight excluding hydrogens is 255 g/mol. The minimum absolute atomic E-state index is 0.134. The summed E-state index contributed by atoms with van der Waals surface area (Å²) in [6, 6.07) is 6.02. The van der Waals surface area contributed by atoms with Crippen molar-refractivity contribution in [2.45, 2.75) is 18.1 Å². The average Bonchev–Trinajstić information content (AvgIpc) is 2.73. The molecule has 1 aromatic heterocycles. The molecule has 96 valence electrons. The van der Waals surface area contributed by atoms with Gasteiger partial charge in [-0.3, -0.25) is 0 Å². The number of thioether (sulfide) groups is 1. The summed E-state index contributed by atoms with van der Waals surface area (Å²) in [6.07, 6.45) is 1.63. The maximum absolute atomic E-state index is 12.9. The van der Waals surface area contributed by atoms with E-state index in [1.807, 2.05) is 6.92 Å². The van der Waals surface area contributed by atoms with Crippen LogP contribution in [0.3, 0.4) is 0 Å². The van der Waals surface area contributed by atoms with Crippen molar-refractivity contribution >= 4 is 11.8 Å². The van der Waals surface area contributed by atoms with E-state index in [0.717, 1.165) is 5.69 Å². The lowest BCUT2D eigenvalue weighted by Gasteiger charge is -2.13. The molecule has 18 heavy (non-hydrogen) atoms. The molecule has 0 fully saturated rings. The van der Waals surface area contributed by atoms with E-state index in [1.165, 1.54) is 23.9 Å². The van der Waals surface area contributed by atoms with Gasteiger partial charge in [0.05, 0.1) is 0 Å². The number of halogens is 1. The molecule has 0 radical (unpaired) electrons. The van der Waals surface area contributed by atoms with Crippen LogP contribution in [-0.2, 0) is 5.75 Å². The quantitative estimate of drug-likeness (QED) is 0.819. The lowest BCUT2D eigenvalue weighted by molar-refractivity contribution is 0.306. The minimum Gasteiger partial charge on any atom is -0.480 e. The Kier molecular flexibility index (Phi) is 4.09. The van der Waals surface area contributed by atoms with Crippen molar-refractivity contribution in [1.82, 2.24) is 9.97 Å².